The zero-order valence-corrected chi connectivity index (χ0v) is 19.5. The highest BCUT2D eigenvalue weighted by Gasteiger charge is 2.30. The third-order valence-corrected chi connectivity index (χ3v) is 7.65. The molecule has 0 aliphatic carbocycles. The minimum Gasteiger partial charge on any atom is -0.376 e. The van der Waals surface area contributed by atoms with Gasteiger partial charge in [0.25, 0.3) is 5.56 Å². The predicted molar refractivity (Wildman–Crippen MR) is 124 cm³/mol. The second-order valence-corrected chi connectivity index (χ2v) is 10.3. The number of halogens is 1. The zero-order valence-electron chi connectivity index (χ0n) is 17.9. The van der Waals surface area contributed by atoms with E-state index in [2.05, 4.69) is 4.98 Å². The molecule has 3 aromatic rings. The fraction of sp³-hybridized carbons (Fsp3) is 0.348. The predicted octanol–water partition coefficient (Wildman–Crippen LogP) is 3.40. The highest BCUT2D eigenvalue weighted by Crippen LogP contribution is 2.23. The molecule has 9 heteroatoms. The van der Waals surface area contributed by atoms with Crippen LogP contribution in [0, 0.1) is 13.8 Å². The Hall–Kier alpha value is -2.23. The van der Waals surface area contributed by atoms with Gasteiger partial charge in [-0.1, -0.05) is 17.7 Å². The Labute approximate surface area is 192 Å². The van der Waals surface area contributed by atoms with Gasteiger partial charge < -0.3 is 14.5 Å². The van der Waals surface area contributed by atoms with E-state index in [0.717, 1.165) is 22.0 Å². The minimum absolute atomic E-state index is 0.0548. The van der Waals surface area contributed by atoms with Crippen LogP contribution in [0.15, 0.2) is 52.2 Å². The van der Waals surface area contributed by atoms with Crippen LogP contribution in [0.5, 0.6) is 0 Å². The topological polar surface area (TPSA) is 88.7 Å². The molecule has 0 radical (unpaired) electrons. The van der Waals surface area contributed by atoms with Crippen LogP contribution >= 0.6 is 11.6 Å². The van der Waals surface area contributed by atoms with Crippen molar-refractivity contribution in [2.24, 2.45) is 0 Å². The van der Waals surface area contributed by atoms with Gasteiger partial charge in [-0.15, -0.1) is 0 Å². The summed E-state index contributed by atoms with van der Waals surface area (Å²) in [7, 11) is -3.95. The number of nitrogens with one attached hydrogen (secondary N) is 1. The molecule has 32 heavy (non-hydrogen) atoms. The van der Waals surface area contributed by atoms with Crippen molar-refractivity contribution in [3.05, 3.63) is 74.5 Å². The molecule has 1 saturated heterocycles. The zero-order chi connectivity index (χ0) is 22.9. The van der Waals surface area contributed by atoms with E-state index in [1.54, 1.807) is 18.2 Å². The maximum Gasteiger partial charge on any atom is 0.252 e. The quantitative estimate of drug-likeness (QED) is 0.589. The second kappa shape index (κ2) is 9.33. The minimum atomic E-state index is -3.95. The standard InChI is InChI=1S/C23H25ClN2O5S/c1-15-8-17-10-18(23(27)25-22(17)9-16(15)2)12-26(13-20-14-30-6-7-31-20)32(28,29)21-5-3-4-19(24)11-21/h3-5,8-11,20H,6-7,12-14H2,1-2H3,(H,25,27). The van der Waals surface area contributed by atoms with Crippen molar-refractivity contribution in [3.63, 3.8) is 0 Å². The Kier molecular flexibility index (Phi) is 6.69. The van der Waals surface area contributed by atoms with Crippen molar-refractivity contribution < 1.29 is 17.9 Å². The molecule has 1 aromatic heterocycles. The van der Waals surface area contributed by atoms with Crippen LogP contribution in [0.3, 0.4) is 0 Å². The second-order valence-electron chi connectivity index (χ2n) is 7.97. The van der Waals surface area contributed by atoms with Crippen LogP contribution in [-0.2, 0) is 26.0 Å². The van der Waals surface area contributed by atoms with Gasteiger partial charge in [0.2, 0.25) is 10.0 Å². The Morgan fingerprint density at radius 1 is 1.12 bits per heavy atom. The van der Waals surface area contributed by atoms with Crippen molar-refractivity contribution in [3.8, 4) is 0 Å². The molecule has 1 aliphatic rings. The lowest BCUT2D eigenvalue weighted by Crippen LogP contribution is -2.43. The van der Waals surface area contributed by atoms with E-state index in [-0.39, 0.29) is 30.2 Å². The largest absolute Gasteiger partial charge is 0.376 e. The molecule has 2 aromatic carbocycles. The lowest BCUT2D eigenvalue weighted by molar-refractivity contribution is -0.0923. The maximum atomic E-state index is 13.5. The summed E-state index contributed by atoms with van der Waals surface area (Å²) in [6, 6.07) is 11.7. The summed E-state index contributed by atoms with van der Waals surface area (Å²) in [6.45, 7) is 5.08. The van der Waals surface area contributed by atoms with Gasteiger partial charge >= 0.3 is 0 Å². The summed E-state index contributed by atoms with van der Waals surface area (Å²) >= 11 is 6.04. The van der Waals surface area contributed by atoms with E-state index in [9.17, 15) is 13.2 Å². The number of ether oxygens (including phenoxy) is 2. The molecule has 0 amide bonds. The summed E-state index contributed by atoms with van der Waals surface area (Å²) in [6.07, 6.45) is -0.429. The summed E-state index contributed by atoms with van der Waals surface area (Å²) in [4.78, 5) is 15.8. The highest BCUT2D eigenvalue weighted by atomic mass is 35.5. The number of sulfonamides is 1. The first-order chi connectivity index (χ1) is 15.2. The third kappa shape index (κ3) is 4.89. The molecule has 1 atom stereocenters. The van der Waals surface area contributed by atoms with Crippen LogP contribution in [0.1, 0.15) is 16.7 Å². The van der Waals surface area contributed by atoms with Gasteiger partial charge in [-0.05, 0) is 66.8 Å². The Morgan fingerprint density at radius 2 is 1.91 bits per heavy atom. The van der Waals surface area contributed by atoms with Crippen LogP contribution in [0.25, 0.3) is 10.9 Å². The number of aryl methyl sites for hydroxylation is 2. The van der Waals surface area contributed by atoms with Gasteiger partial charge in [-0.25, -0.2) is 8.42 Å². The summed E-state index contributed by atoms with van der Waals surface area (Å²) in [5, 5.41) is 1.16. The number of nitrogens with zero attached hydrogens (tertiary/aromatic N) is 1. The average molecular weight is 477 g/mol. The van der Waals surface area contributed by atoms with Gasteiger partial charge in [0.1, 0.15) is 0 Å². The molecule has 1 fully saturated rings. The first-order valence-corrected chi connectivity index (χ1v) is 12.1. The van der Waals surface area contributed by atoms with Gasteiger partial charge in [0, 0.05) is 29.2 Å². The Bertz CT molecular complexity index is 1300. The molecule has 2 heterocycles. The monoisotopic (exact) mass is 476 g/mol. The smallest absolute Gasteiger partial charge is 0.252 e. The van der Waals surface area contributed by atoms with Crippen LogP contribution < -0.4 is 5.56 Å². The normalized spacial score (nSPS) is 17.2. The third-order valence-electron chi connectivity index (χ3n) is 5.61. The fourth-order valence-corrected chi connectivity index (χ4v) is 5.47. The molecule has 1 unspecified atom stereocenters. The number of pyridine rings is 1. The molecule has 7 nitrogen and oxygen atoms in total. The number of rotatable bonds is 6. The number of hydrogen-bond donors (Lipinski definition) is 1. The molecule has 0 bridgehead atoms. The lowest BCUT2D eigenvalue weighted by atomic mass is 10.0. The van der Waals surface area contributed by atoms with Gasteiger partial charge in [0.05, 0.1) is 30.8 Å². The number of H-pyrrole nitrogens is 1. The van der Waals surface area contributed by atoms with Gasteiger partial charge in [-0.2, -0.15) is 4.31 Å². The number of hydrogen-bond acceptors (Lipinski definition) is 5. The Balaban J connectivity index is 1.74. The van der Waals surface area contributed by atoms with Crippen molar-refractivity contribution in [1.82, 2.24) is 9.29 Å². The van der Waals surface area contributed by atoms with Crippen LogP contribution in [0.2, 0.25) is 5.02 Å². The molecule has 4 rings (SSSR count). The Morgan fingerprint density at radius 3 is 2.62 bits per heavy atom. The SMILES string of the molecule is Cc1cc2cc(CN(CC3COCCO3)S(=O)(=O)c3cccc(Cl)c3)c(=O)[nH]c2cc1C. The molecular formula is C23H25ClN2O5S. The molecular weight excluding hydrogens is 452 g/mol. The van der Waals surface area contributed by atoms with E-state index in [4.69, 9.17) is 21.1 Å². The summed E-state index contributed by atoms with van der Waals surface area (Å²) in [5.41, 5.74) is 2.90. The molecule has 0 spiro atoms. The van der Waals surface area contributed by atoms with E-state index < -0.39 is 16.1 Å². The van der Waals surface area contributed by atoms with E-state index in [1.165, 1.54) is 16.4 Å². The van der Waals surface area contributed by atoms with Gasteiger partial charge in [-0.3, -0.25) is 4.79 Å². The van der Waals surface area contributed by atoms with Crippen LogP contribution in [0.4, 0.5) is 0 Å². The molecule has 1 aliphatic heterocycles. The number of aromatic nitrogens is 1. The number of fused-ring (bicyclic) bond motifs is 1. The van der Waals surface area contributed by atoms with E-state index in [1.807, 2.05) is 26.0 Å². The van der Waals surface area contributed by atoms with E-state index in [0.29, 0.717) is 23.8 Å². The van der Waals surface area contributed by atoms with Crippen molar-refractivity contribution in [2.45, 2.75) is 31.4 Å². The average Bonchev–Trinajstić information content (AvgIpc) is 2.76. The summed E-state index contributed by atoms with van der Waals surface area (Å²) in [5.74, 6) is 0. The molecule has 1 N–H and O–H groups in total. The van der Waals surface area contributed by atoms with Gasteiger partial charge in [0.15, 0.2) is 0 Å². The lowest BCUT2D eigenvalue weighted by Gasteiger charge is -2.29. The van der Waals surface area contributed by atoms with E-state index >= 15 is 0 Å². The summed E-state index contributed by atoms with van der Waals surface area (Å²) < 4.78 is 39.4. The van der Waals surface area contributed by atoms with Crippen LogP contribution in [-0.4, -0.2) is 50.2 Å². The fourth-order valence-electron chi connectivity index (χ4n) is 3.72. The first-order valence-electron chi connectivity index (χ1n) is 10.3. The van der Waals surface area contributed by atoms with Crippen molar-refractivity contribution in [1.29, 1.82) is 0 Å². The van der Waals surface area contributed by atoms with Crippen molar-refractivity contribution in [2.75, 3.05) is 26.4 Å². The van der Waals surface area contributed by atoms with Crippen molar-refractivity contribution >= 4 is 32.5 Å². The number of aromatic amines is 1. The number of benzene rings is 2. The highest BCUT2D eigenvalue weighted by molar-refractivity contribution is 7.89. The molecule has 0 saturated carbocycles. The maximum absolute atomic E-state index is 13.5. The first kappa shape index (κ1) is 22.9. The molecule has 170 valence electrons.